The number of allylic oxidation sites excluding steroid dienone is 2. The summed E-state index contributed by atoms with van der Waals surface area (Å²) in [5.41, 5.74) is 0. The normalized spacial score (nSPS) is 16.1. The fourth-order valence-corrected chi connectivity index (χ4v) is 5.74. The van der Waals surface area contributed by atoms with E-state index in [1.165, 1.54) is 0 Å². The molecular formula is C11H23ClOSSi. The van der Waals surface area contributed by atoms with Crippen LogP contribution in [0.1, 0.15) is 26.7 Å². The standard InChI is InChI=1S/C11H23ClOSSi/c1-6-10(12)11(7-2)14(13)8-9-15(3,4)5/h6-9H2,1-5H3/b11-10+. The monoisotopic (exact) mass is 266 g/mol. The van der Waals surface area contributed by atoms with Crippen LogP contribution in [0.15, 0.2) is 9.94 Å². The largest absolute Gasteiger partial charge is 0.255 e. The van der Waals surface area contributed by atoms with E-state index >= 15 is 0 Å². The van der Waals surface area contributed by atoms with E-state index in [9.17, 15) is 4.21 Å². The van der Waals surface area contributed by atoms with Gasteiger partial charge in [0.15, 0.2) is 0 Å². The highest BCUT2D eigenvalue weighted by Crippen LogP contribution is 2.21. The SMILES string of the molecule is CC/C(Cl)=C(/CC)S(=O)CC[Si](C)(C)C. The molecule has 0 spiro atoms. The van der Waals surface area contributed by atoms with Gasteiger partial charge in [-0.2, -0.15) is 0 Å². The van der Waals surface area contributed by atoms with Gasteiger partial charge in [-0.3, -0.25) is 4.21 Å². The van der Waals surface area contributed by atoms with Crippen molar-refractivity contribution in [2.75, 3.05) is 5.75 Å². The topological polar surface area (TPSA) is 17.1 Å². The Hall–Kier alpha value is 0.397. The first-order chi connectivity index (χ1) is 6.81. The Balaban J connectivity index is 4.44. The van der Waals surface area contributed by atoms with Crippen LogP contribution < -0.4 is 0 Å². The van der Waals surface area contributed by atoms with Crippen LogP contribution in [-0.4, -0.2) is 18.0 Å². The Morgan fingerprint density at radius 1 is 1.20 bits per heavy atom. The second kappa shape index (κ2) is 6.87. The lowest BCUT2D eigenvalue weighted by atomic mass is 10.3. The third kappa shape index (κ3) is 6.54. The number of halogens is 1. The van der Waals surface area contributed by atoms with Crippen LogP contribution >= 0.6 is 11.6 Å². The smallest absolute Gasteiger partial charge is 0.0497 e. The lowest BCUT2D eigenvalue weighted by Crippen LogP contribution is -2.22. The van der Waals surface area contributed by atoms with Crippen LogP contribution in [0.3, 0.4) is 0 Å². The molecule has 15 heavy (non-hydrogen) atoms. The Morgan fingerprint density at radius 3 is 2.07 bits per heavy atom. The van der Waals surface area contributed by atoms with Crippen molar-refractivity contribution in [3.63, 3.8) is 0 Å². The summed E-state index contributed by atoms with van der Waals surface area (Å²) in [7, 11) is -1.93. The lowest BCUT2D eigenvalue weighted by molar-refractivity contribution is 0.686. The highest BCUT2D eigenvalue weighted by Gasteiger charge is 2.17. The van der Waals surface area contributed by atoms with Gasteiger partial charge in [-0.25, -0.2) is 0 Å². The first-order valence-electron chi connectivity index (χ1n) is 5.57. The maximum absolute atomic E-state index is 12.0. The van der Waals surface area contributed by atoms with Gasteiger partial charge in [0.1, 0.15) is 0 Å². The van der Waals surface area contributed by atoms with Crippen molar-refractivity contribution in [3.8, 4) is 0 Å². The van der Waals surface area contributed by atoms with Gasteiger partial charge in [-0.15, -0.1) is 0 Å². The van der Waals surface area contributed by atoms with Crippen molar-refractivity contribution < 1.29 is 4.21 Å². The predicted octanol–water partition coefficient (Wildman–Crippen LogP) is 4.34. The lowest BCUT2D eigenvalue weighted by Gasteiger charge is -2.16. The summed E-state index contributed by atoms with van der Waals surface area (Å²) in [6.07, 6.45) is 1.61. The molecular weight excluding hydrogens is 244 g/mol. The zero-order valence-corrected chi connectivity index (χ0v) is 13.1. The minimum atomic E-state index is -1.08. The molecule has 0 fully saturated rings. The molecule has 0 bridgehead atoms. The average molecular weight is 267 g/mol. The molecule has 1 unspecified atom stereocenters. The van der Waals surface area contributed by atoms with Gasteiger partial charge in [-0.05, 0) is 18.9 Å². The van der Waals surface area contributed by atoms with E-state index in [2.05, 4.69) is 19.6 Å². The molecule has 0 aromatic carbocycles. The molecule has 90 valence electrons. The van der Waals surface area contributed by atoms with E-state index in [1.807, 2.05) is 13.8 Å². The van der Waals surface area contributed by atoms with E-state index < -0.39 is 18.9 Å². The highest BCUT2D eigenvalue weighted by atomic mass is 35.5. The summed E-state index contributed by atoms with van der Waals surface area (Å²) in [4.78, 5) is 0.956. The summed E-state index contributed by atoms with van der Waals surface area (Å²) in [5.74, 6) is 0.787. The third-order valence-electron chi connectivity index (χ3n) is 2.25. The summed E-state index contributed by atoms with van der Waals surface area (Å²) in [5, 5.41) is 0.798. The van der Waals surface area contributed by atoms with Crippen LogP contribution in [-0.2, 0) is 10.8 Å². The van der Waals surface area contributed by atoms with Crippen molar-refractivity contribution in [2.24, 2.45) is 0 Å². The first kappa shape index (κ1) is 15.4. The molecule has 0 aliphatic carbocycles. The minimum absolute atomic E-state index is 0.787. The van der Waals surface area contributed by atoms with Crippen molar-refractivity contribution in [3.05, 3.63) is 9.94 Å². The molecule has 0 aromatic rings. The first-order valence-corrected chi connectivity index (χ1v) is 11.0. The van der Waals surface area contributed by atoms with Gasteiger partial charge in [0, 0.05) is 34.6 Å². The average Bonchev–Trinajstić information content (AvgIpc) is 2.14. The van der Waals surface area contributed by atoms with Crippen molar-refractivity contribution in [1.29, 1.82) is 0 Å². The van der Waals surface area contributed by atoms with Crippen LogP contribution in [0.5, 0.6) is 0 Å². The zero-order valence-electron chi connectivity index (χ0n) is 10.5. The zero-order chi connectivity index (χ0) is 12.1. The molecule has 0 aliphatic rings. The quantitative estimate of drug-likeness (QED) is 0.654. The van der Waals surface area contributed by atoms with Crippen LogP contribution in [0, 0.1) is 0 Å². The molecule has 0 N–H and O–H groups in total. The molecule has 0 aliphatic heterocycles. The maximum atomic E-state index is 12.0. The second-order valence-corrected chi connectivity index (χ2v) is 12.6. The predicted molar refractivity (Wildman–Crippen MR) is 74.6 cm³/mol. The minimum Gasteiger partial charge on any atom is -0.255 e. The van der Waals surface area contributed by atoms with Crippen LogP contribution in [0.25, 0.3) is 0 Å². The van der Waals surface area contributed by atoms with E-state index in [-0.39, 0.29) is 0 Å². The van der Waals surface area contributed by atoms with E-state index in [0.717, 1.165) is 34.6 Å². The molecule has 4 heteroatoms. The van der Waals surface area contributed by atoms with Crippen LogP contribution in [0.2, 0.25) is 25.7 Å². The Bertz CT molecular complexity index is 256. The van der Waals surface area contributed by atoms with Gasteiger partial charge in [-0.1, -0.05) is 45.1 Å². The fourth-order valence-electron chi connectivity index (χ4n) is 1.20. The number of hydrogen-bond donors (Lipinski definition) is 0. The number of rotatable bonds is 6. The van der Waals surface area contributed by atoms with E-state index in [1.54, 1.807) is 0 Å². The molecule has 1 atom stereocenters. The number of hydrogen-bond acceptors (Lipinski definition) is 1. The van der Waals surface area contributed by atoms with Crippen molar-refractivity contribution >= 4 is 30.5 Å². The summed E-state index contributed by atoms with van der Waals surface area (Å²) in [6.45, 7) is 11.0. The summed E-state index contributed by atoms with van der Waals surface area (Å²) >= 11 is 6.07. The van der Waals surface area contributed by atoms with Gasteiger partial charge in [0.05, 0.1) is 0 Å². The highest BCUT2D eigenvalue weighted by molar-refractivity contribution is 7.89. The van der Waals surface area contributed by atoms with Gasteiger partial charge in [0.2, 0.25) is 0 Å². The van der Waals surface area contributed by atoms with Crippen molar-refractivity contribution in [1.82, 2.24) is 0 Å². The summed E-state index contributed by atoms with van der Waals surface area (Å²) in [6, 6.07) is 1.11. The molecule has 0 amide bonds. The molecule has 0 rings (SSSR count). The van der Waals surface area contributed by atoms with Gasteiger partial charge in [0.25, 0.3) is 0 Å². The molecule has 0 saturated carbocycles. The van der Waals surface area contributed by atoms with E-state index in [4.69, 9.17) is 11.6 Å². The molecule has 0 radical (unpaired) electrons. The Kier molecular flexibility index (Phi) is 7.05. The molecule has 1 nitrogen and oxygen atoms in total. The second-order valence-electron chi connectivity index (χ2n) is 4.90. The summed E-state index contributed by atoms with van der Waals surface area (Å²) < 4.78 is 12.0. The Morgan fingerprint density at radius 2 is 1.73 bits per heavy atom. The van der Waals surface area contributed by atoms with Crippen LogP contribution in [0.4, 0.5) is 0 Å². The molecule has 0 heterocycles. The molecule has 0 aromatic heterocycles. The van der Waals surface area contributed by atoms with Gasteiger partial charge < -0.3 is 0 Å². The fraction of sp³-hybridized carbons (Fsp3) is 0.818. The third-order valence-corrected chi connectivity index (χ3v) is 6.63. The van der Waals surface area contributed by atoms with Gasteiger partial charge >= 0.3 is 0 Å². The Labute approximate surface area is 103 Å². The maximum Gasteiger partial charge on any atom is 0.0497 e. The van der Waals surface area contributed by atoms with Crippen molar-refractivity contribution in [2.45, 2.75) is 52.4 Å². The van der Waals surface area contributed by atoms with E-state index in [0.29, 0.717) is 0 Å². The molecule has 0 saturated heterocycles.